The van der Waals surface area contributed by atoms with Crippen molar-refractivity contribution in [1.29, 1.82) is 0 Å². The number of nitrogens with one attached hydrogen (secondary N) is 1. The molecule has 2 atom stereocenters. The smallest absolute Gasteiger partial charge is 0.0510 e. The van der Waals surface area contributed by atoms with Crippen molar-refractivity contribution in [2.24, 2.45) is 5.92 Å². The molecule has 94 valence electrons. The van der Waals surface area contributed by atoms with Gasteiger partial charge in [-0.3, -0.25) is 4.98 Å². The third-order valence-electron chi connectivity index (χ3n) is 3.08. The van der Waals surface area contributed by atoms with Crippen LogP contribution in [0.15, 0.2) is 29.4 Å². The lowest BCUT2D eigenvalue weighted by Crippen LogP contribution is -2.38. The van der Waals surface area contributed by atoms with E-state index in [1.165, 1.54) is 11.3 Å². The van der Waals surface area contributed by atoms with Gasteiger partial charge in [0.25, 0.3) is 0 Å². The fraction of sp³-hybridized carbons (Fsp3) is 0.615. The van der Waals surface area contributed by atoms with Gasteiger partial charge in [-0.25, -0.2) is 0 Å². The van der Waals surface area contributed by atoms with E-state index in [1.54, 1.807) is 0 Å². The number of thioether (sulfide) groups is 1. The Morgan fingerprint density at radius 2 is 2.35 bits per heavy atom. The molecular formula is C13H20N2OS. The summed E-state index contributed by atoms with van der Waals surface area (Å²) in [4.78, 5) is 5.33. The number of rotatable bonds is 6. The summed E-state index contributed by atoms with van der Waals surface area (Å²) in [5.41, 5.74) is 0. The molecule has 1 aromatic rings. The van der Waals surface area contributed by atoms with Gasteiger partial charge in [-0.1, -0.05) is 6.92 Å². The highest BCUT2D eigenvalue weighted by Crippen LogP contribution is 2.23. The Hall–Kier alpha value is -0.580. The predicted molar refractivity (Wildman–Crippen MR) is 71.4 cm³/mol. The molecule has 0 aromatic carbocycles. The van der Waals surface area contributed by atoms with Gasteiger partial charge in [0.15, 0.2) is 0 Å². The maximum atomic E-state index is 5.48. The van der Waals surface area contributed by atoms with E-state index < -0.39 is 0 Å². The molecule has 0 amide bonds. The zero-order valence-electron chi connectivity index (χ0n) is 10.3. The number of hydrogen-bond donors (Lipinski definition) is 1. The van der Waals surface area contributed by atoms with E-state index in [0.29, 0.717) is 12.0 Å². The number of pyridine rings is 1. The van der Waals surface area contributed by atoms with Crippen LogP contribution in [0.1, 0.15) is 13.3 Å². The van der Waals surface area contributed by atoms with Crippen molar-refractivity contribution in [3.05, 3.63) is 24.5 Å². The SMILES string of the molecule is CCNC(CSc1ccncc1)C1CCOC1. The average Bonchev–Trinajstić information content (AvgIpc) is 2.89. The summed E-state index contributed by atoms with van der Waals surface area (Å²) >= 11 is 1.90. The molecule has 1 aromatic heterocycles. The molecule has 4 heteroatoms. The van der Waals surface area contributed by atoms with Gasteiger partial charge in [0.05, 0.1) is 6.61 Å². The van der Waals surface area contributed by atoms with E-state index in [9.17, 15) is 0 Å². The summed E-state index contributed by atoms with van der Waals surface area (Å²) in [5, 5.41) is 3.58. The zero-order valence-corrected chi connectivity index (χ0v) is 11.1. The summed E-state index contributed by atoms with van der Waals surface area (Å²) in [5.74, 6) is 1.77. The molecule has 3 nitrogen and oxygen atoms in total. The molecule has 0 aliphatic carbocycles. The number of nitrogens with zero attached hydrogens (tertiary/aromatic N) is 1. The molecule has 0 saturated carbocycles. The van der Waals surface area contributed by atoms with Crippen molar-refractivity contribution in [1.82, 2.24) is 10.3 Å². The van der Waals surface area contributed by atoms with Crippen LogP contribution < -0.4 is 5.32 Å². The lowest BCUT2D eigenvalue weighted by atomic mass is 10.0. The standard InChI is InChI=1S/C13H20N2OS/c1-2-15-13(11-5-8-16-9-11)10-17-12-3-6-14-7-4-12/h3-4,6-7,11,13,15H,2,5,8-10H2,1H3. The molecule has 17 heavy (non-hydrogen) atoms. The first kappa shape index (κ1) is 12.9. The summed E-state index contributed by atoms with van der Waals surface area (Å²) in [6, 6.07) is 4.69. The normalized spacial score (nSPS) is 21.6. The van der Waals surface area contributed by atoms with Crippen molar-refractivity contribution < 1.29 is 4.74 Å². The van der Waals surface area contributed by atoms with Crippen LogP contribution in [0, 0.1) is 5.92 Å². The third-order valence-corrected chi connectivity index (χ3v) is 4.21. The summed E-state index contributed by atoms with van der Waals surface area (Å²) in [6.07, 6.45) is 4.89. The fourth-order valence-corrected chi connectivity index (χ4v) is 3.19. The van der Waals surface area contributed by atoms with Gasteiger partial charge in [0.2, 0.25) is 0 Å². The minimum Gasteiger partial charge on any atom is -0.381 e. The Morgan fingerprint density at radius 1 is 1.53 bits per heavy atom. The predicted octanol–water partition coefficient (Wildman–Crippen LogP) is 2.19. The van der Waals surface area contributed by atoms with E-state index >= 15 is 0 Å². The van der Waals surface area contributed by atoms with Crippen LogP contribution in [0.5, 0.6) is 0 Å². The van der Waals surface area contributed by atoms with E-state index in [4.69, 9.17) is 4.74 Å². The van der Waals surface area contributed by atoms with Crippen LogP contribution in [-0.2, 0) is 4.74 Å². The first-order chi connectivity index (χ1) is 8.40. The highest BCUT2D eigenvalue weighted by molar-refractivity contribution is 7.99. The molecule has 2 heterocycles. The van der Waals surface area contributed by atoms with E-state index in [-0.39, 0.29) is 0 Å². The van der Waals surface area contributed by atoms with Crippen molar-refractivity contribution in [2.75, 3.05) is 25.5 Å². The Kier molecular flexibility index (Phi) is 5.29. The third kappa shape index (κ3) is 3.98. The molecule has 1 saturated heterocycles. The van der Waals surface area contributed by atoms with Crippen LogP contribution in [0.25, 0.3) is 0 Å². The highest BCUT2D eigenvalue weighted by atomic mass is 32.2. The summed E-state index contributed by atoms with van der Waals surface area (Å²) in [6.45, 7) is 5.03. The molecule has 0 spiro atoms. The molecule has 1 aliphatic rings. The monoisotopic (exact) mass is 252 g/mol. The maximum Gasteiger partial charge on any atom is 0.0510 e. The molecule has 2 rings (SSSR count). The van der Waals surface area contributed by atoms with Gasteiger partial charge in [-0.05, 0) is 25.1 Å². The lowest BCUT2D eigenvalue weighted by Gasteiger charge is -2.22. The molecule has 1 aliphatic heterocycles. The first-order valence-electron chi connectivity index (χ1n) is 6.24. The van der Waals surface area contributed by atoms with Crippen molar-refractivity contribution >= 4 is 11.8 Å². The number of hydrogen-bond acceptors (Lipinski definition) is 4. The summed E-state index contributed by atoms with van der Waals surface area (Å²) < 4.78 is 5.48. The Balaban J connectivity index is 1.84. The number of aromatic nitrogens is 1. The summed E-state index contributed by atoms with van der Waals surface area (Å²) in [7, 11) is 0. The molecular weight excluding hydrogens is 232 g/mol. The van der Waals surface area contributed by atoms with Gasteiger partial charge in [0, 0.05) is 41.6 Å². The van der Waals surface area contributed by atoms with Crippen molar-refractivity contribution in [3.63, 3.8) is 0 Å². The molecule has 0 radical (unpaired) electrons. The van der Waals surface area contributed by atoms with Crippen molar-refractivity contribution in [2.45, 2.75) is 24.3 Å². The Bertz CT molecular complexity index is 314. The second-order valence-electron chi connectivity index (χ2n) is 4.28. The Morgan fingerprint density at radius 3 is 3.00 bits per heavy atom. The van der Waals surface area contributed by atoms with Crippen LogP contribution in [0.2, 0.25) is 0 Å². The quantitative estimate of drug-likeness (QED) is 0.787. The maximum absolute atomic E-state index is 5.48. The van der Waals surface area contributed by atoms with Crippen LogP contribution >= 0.6 is 11.8 Å². The van der Waals surface area contributed by atoms with Crippen LogP contribution in [0.4, 0.5) is 0 Å². The second-order valence-corrected chi connectivity index (χ2v) is 5.38. The fourth-order valence-electron chi connectivity index (χ4n) is 2.11. The van der Waals surface area contributed by atoms with Gasteiger partial charge < -0.3 is 10.1 Å². The second kappa shape index (κ2) is 6.99. The van der Waals surface area contributed by atoms with Crippen molar-refractivity contribution in [3.8, 4) is 0 Å². The van der Waals surface area contributed by atoms with Gasteiger partial charge in [-0.15, -0.1) is 11.8 Å². The molecule has 1 N–H and O–H groups in total. The van der Waals surface area contributed by atoms with Gasteiger partial charge in [0.1, 0.15) is 0 Å². The molecule has 0 bridgehead atoms. The van der Waals surface area contributed by atoms with Crippen LogP contribution in [0.3, 0.4) is 0 Å². The van der Waals surface area contributed by atoms with E-state index in [2.05, 4.69) is 29.4 Å². The minimum atomic E-state index is 0.556. The minimum absolute atomic E-state index is 0.556. The average molecular weight is 252 g/mol. The molecule has 1 fully saturated rings. The number of ether oxygens (including phenoxy) is 1. The van der Waals surface area contributed by atoms with Gasteiger partial charge in [-0.2, -0.15) is 0 Å². The first-order valence-corrected chi connectivity index (χ1v) is 7.22. The van der Waals surface area contributed by atoms with E-state index in [1.807, 2.05) is 24.2 Å². The van der Waals surface area contributed by atoms with E-state index in [0.717, 1.165) is 25.5 Å². The Labute approximate surface area is 107 Å². The highest BCUT2D eigenvalue weighted by Gasteiger charge is 2.24. The molecule has 2 unspecified atom stereocenters. The largest absolute Gasteiger partial charge is 0.381 e. The zero-order chi connectivity index (χ0) is 11.9. The van der Waals surface area contributed by atoms with Gasteiger partial charge >= 0.3 is 0 Å². The van der Waals surface area contributed by atoms with Crippen LogP contribution in [-0.4, -0.2) is 36.5 Å². The lowest BCUT2D eigenvalue weighted by molar-refractivity contribution is 0.179. The topological polar surface area (TPSA) is 34.2 Å².